The first-order valence-electron chi connectivity index (χ1n) is 8.23. The number of methoxy groups -OCH3 is 1. The minimum absolute atomic E-state index is 0.150. The zero-order valence-corrected chi connectivity index (χ0v) is 16.0. The molecule has 1 N–H and O–H groups in total. The Morgan fingerprint density at radius 2 is 1.73 bits per heavy atom. The molecule has 0 radical (unpaired) electrons. The van der Waals surface area contributed by atoms with Crippen LogP contribution in [-0.2, 0) is 21.3 Å². The van der Waals surface area contributed by atoms with E-state index in [1.165, 1.54) is 4.31 Å². The number of hydrogen-bond acceptors (Lipinski definition) is 4. The molecule has 26 heavy (non-hydrogen) atoms. The van der Waals surface area contributed by atoms with Crippen LogP contribution in [0.2, 0.25) is 0 Å². The fourth-order valence-corrected chi connectivity index (χ4v) is 3.51. The van der Waals surface area contributed by atoms with Crippen LogP contribution in [0.3, 0.4) is 0 Å². The van der Waals surface area contributed by atoms with Crippen molar-refractivity contribution in [1.82, 2.24) is 5.32 Å². The summed E-state index contributed by atoms with van der Waals surface area (Å²) in [4.78, 5) is 12.6. The molecule has 0 spiro atoms. The predicted molar refractivity (Wildman–Crippen MR) is 103 cm³/mol. The second kappa shape index (κ2) is 8.82. The number of anilines is 1. The molecule has 0 saturated carbocycles. The Labute approximate surface area is 154 Å². The molecule has 0 heterocycles. The number of carbonyl (C=O) groups excluding carboxylic acids is 1. The monoisotopic (exact) mass is 376 g/mol. The summed E-state index contributed by atoms with van der Waals surface area (Å²) in [6.45, 7) is 2.34. The number of amides is 1. The summed E-state index contributed by atoms with van der Waals surface area (Å²) in [5, 5.41) is 2.82. The predicted octanol–water partition coefficient (Wildman–Crippen LogP) is 2.42. The first-order chi connectivity index (χ1) is 12.3. The quantitative estimate of drug-likeness (QED) is 0.768. The van der Waals surface area contributed by atoms with Gasteiger partial charge in [0.15, 0.2) is 0 Å². The fraction of sp³-hybridized carbons (Fsp3) is 0.316. The van der Waals surface area contributed by atoms with Gasteiger partial charge in [-0.25, -0.2) is 8.42 Å². The molecule has 2 rings (SSSR count). The number of ether oxygens (including phenoxy) is 1. The van der Waals surface area contributed by atoms with Crippen molar-refractivity contribution in [2.24, 2.45) is 0 Å². The van der Waals surface area contributed by atoms with E-state index in [9.17, 15) is 13.2 Å². The Morgan fingerprint density at radius 1 is 1.12 bits per heavy atom. The highest BCUT2D eigenvalue weighted by atomic mass is 32.2. The highest BCUT2D eigenvalue weighted by Gasteiger charge is 2.23. The summed E-state index contributed by atoms with van der Waals surface area (Å²) in [7, 11) is -2.02. The third-order valence-corrected chi connectivity index (χ3v) is 4.91. The molecule has 0 bridgehead atoms. The van der Waals surface area contributed by atoms with Gasteiger partial charge in [-0.3, -0.25) is 9.10 Å². The Bertz CT molecular complexity index is 838. The SMILES string of the molecule is COC[C@@H](C)NC(=O)c1ccccc1N(Cc1ccccc1)S(C)(=O)=O. The van der Waals surface area contributed by atoms with Gasteiger partial charge in [-0.1, -0.05) is 42.5 Å². The lowest BCUT2D eigenvalue weighted by atomic mass is 10.1. The van der Waals surface area contributed by atoms with Crippen molar-refractivity contribution in [3.05, 3.63) is 65.7 Å². The van der Waals surface area contributed by atoms with Crippen LogP contribution in [0, 0.1) is 0 Å². The Balaban J connectivity index is 2.38. The first-order valence-corrected chi connectivity index (χ1v) is 10.1. The van der Waals surface area contributed by atoms with E-state index >= 15 is 0 Å². The molecule has 0 saturated heterocycles. The van der Waals surface area contributed by atoms with Crippen molar-refractivity contribution in [1.29, 1.82) is 0 Å². The zero-order valence-electron chi connectivity index (χ0n) is 15.2. The Morgan fingerprint density at radius 3 is 2.35 bits per heavy atom. The van der Waals surface area contributed by atoms with Crippen LogP contribution in [0.25, 0.3) is 0 Å². The largest absolute Gasteiger partial charge is 0.383 e. The summed E-state index contributed by atoms with van der Waals surface area (Å²) in [5.74, 6) is -0.341. The lowest BCUT2D eigenvalue weighted by Crippen LogP contribution is -2.37. The number of para-hydroxylation sites is 1. The van der Waals surface area contributed by atoms with Crippen molar-refractivity contribution < 1.29 is 17.9 Å². The van der Waals surface area contributed by atoms with Crippen LogP contribution in [0.5, 0.6) is 0 Å². The van der Waals surface area contributed by atoms with Gasteiger partial charge in [-0.05, 0) is 24.6 Å². The molecular weight excluding hydrogens is 352 g/mol. The molecule has 0 aliphatic rings. The number of nitrogens with zero attached hydrogens (tertiary/aromatic N) is 1. The maximum Gasteiger partial charge on any atom is 0.253 e. The van der Waals surface area contributed by atoms with E-state index in [4.69, 9.17) is 4.74 Å². The maximum atomic E-state index is 12.6. The number of carbonyl (C=O) groups is 1. The number of rotatable bonds is 8. The second-order valence-electron chi connectivity index (χ2n) is 6.10. The van der Waals surface area contributed by atoms with Gasteiger partial charge < -0.3 is 10.1 Å². The summed E-state index contributed by atoms with van der Waals surface area (Å²) in [5.41, 5.74) is 1.48. The second-order valence-corrected chi connectivity index (χ2v) is 8.01. The minimum atomic E-state index is -3.58. The van der Waals surface area contributed by atoms with Gasteiger partial charge in [-0.2, -0.15) is 0 Å². The van der Waals surface area contributed by atoms with Crippen molar-refractivity contribution in [3.8, 4) is 0 Å². The molecule has 0 aromatic heterocycles. The van der Waals surface area contributed by atoms with E-state index in [2.05, 4.69) is 5.32 Å². The highest BCUT2D eigenvalue weighted by Crippen LogP contribution is 2.25. The molecule has 1 atom stereocenters. The van der Waals surface area contributed by atoms with Gasteiger partial charge in [0.25, 0.3) is 5.91 Å². The van der Waals surface area contributed by atoms with E-state index < -0.39 is 10.0 Å². The van der Waals surface area contributed by atoms with Crippen LogP contribution >= 0.6 is 0 Å². The average Bonchev–Trinajstić information content (AvgIpc) is 2.60. The molecule has 140 valence electrons. The third-order valence-electron chi connectivity index (χ3n) is 3.78. The molecule has 6 nitrogen and oxygen atoms in total. The number of sulfonamides is 1. The normalized spacial score (nSPS) is 12.4. The van der Waals surface area contributed by atoms with Crippen LogP contribution in [0.1, 0.15) is 22.8 Å². The molecule has 1 amide bonds. The van der Waals surface area contributed by atoms with Gasteiger partial charge in [-0.15, -0.1) is 0 Å². The lowest BCUT2D eigenvalue weighted by molar-refractivity contribution is 0.0906. The molecule has 0 aliphatic carbocycles. The molecule has 7 heteroatoms. The van der Waals surface area contributed by atoms with E-state index in [1.807, 2.05) is 37.3 Å². The fourth-order valence-electron chi connectivity index (χ4n) is 2.61. The average molecular weight is 376 g/mol. The summed E-state index contributed by atoms with van der Waals surface area (Å²) in [6.07, 6.45) is 1.14. The number of benzene rings is 2. The van der Waals surface area contributed by atoms with Gasteiger partial charge in [0, 0.05) is 13.2 Å². The summed E-state index contributed by atoms with van der Waals surface area (Å²) < 4.78 is 31.1. The molecule has 0 fully saturated rings. The van der Waals surface area contributed by atoms with E-state index in [0.717, 1.165) is 11.8 Å². The van der Waals surface area contributed by atoms with Gasteiger partial charge >= 0.3 is 0 Å². The zero-order chi connectivity index (χ0) is 19.2. The van der Waals surface area contributed by atoms with E-state index in [1.54, 1.807) is 31.4 Å². The van der Waals surface area contributed by atoms with Gasteiger partial charge in [0.05, 0.1) is 30.7 Å². The summed E-state index contributed by atoms with van der Waals surface area (Å²) >= 11 is 0. The van der Waals surface area contributed by atoms with Crippen molar-refractivity contribution >= 4 is 21.6 Å². The number of nitrogens with one attached hydrogen (secondary N) is 1. The van der Waals surface area contributed by atoms with Crippen LogP contribution in [0.4, 0.5) is 5.69 Å². The Kier molecular flexibility index (Phi) is 6.76. The van der Waals surface area contributed by atoms with Crippen molar-refractivity contribution in [2.75, 3.05) is 24.3 Å². The summed E-state index contributed by atoms with van der Waals surface area (Å²) in [6, 6.07) is 15.8. The van der Waals surface area contributed by atoms with E-state index in [0.29, 0.717) is 17.9 Å². The minimum Gasteiger partial charge on any atom is -0.383 e. The van der Waals surface area contributed by atoms with Crippen LogP contribution in [-0.4, -0.2) is 40.3 Å². The third kappa shape index (κ3) is 5.31. The molecule has 2 aromatic rings. The standard InChI is InChI=1S/C19H24N2O4S/c1-15(14-25-2)20-19(22)17-11-7-8-12-18(17)21(26(3,23)24)13-16-9-5-4-6-10-16/h4-12,15H,13-14H2,1-3H3,(H,20,22)/t15-/m1/s1. The van der Waals surface area contributed by atoms with Gasteiger partial charge in [0.2, 0.25) is 10.0 Å². The molecule has 0 unspecified atom stereocenters. The van der Waals surface area contributed by atoms with Crippen molar-refractivity contribution in [2.45, 2.75) is 19.5 Å². The topological polar surface area (TPSA) is 75.7 Å². The van der Waals surface area contributed by atoms with Crippen molar-refractivity contribution in [3.63, 3.8) is 0 Å². The lowest BCUT2D eigenvalue weighted by Gasteiger charge is -2.25. The maximum absolute atomic E-state index is 12.6. The molecular formula is C19H24N2O4S. The first kappa shape index (κ1) is 19.9. The highest BCUT2D eigenvalue weighted by molar-refractivity contribution is 7.92. The number of hydrogen-bond donors (Lipinski definition) is 1. The van der Waals surface area contributed by atoms with Crippen LogP contribution < -0.4 is 9.62 Å². The Hall–Kier alpha value is -2.38. The molecule has 0 aliphatic heterocycles. The van der Waals surface area contributed by atoms with Crippen LogP contribution in [0.15, 0.2) is 54.6 Å². The van der Waals surface area contributed by atoms with E-state index in [-0.39, 0.29) is 18.5 Å². The smallest absolute Gasteiger partial charge is 0.253 e. The molecule has 2 aromatic carbocycles. The van der Waals surface area contributed by atoms with Gasteiger partial charge in [0.1, 0.15) is 0 Å².